The fourth-order valence-corrected chi connectivity index (χ4v) is 0.593. The highest BCUT2D eigenvalue weighted by Crippen LogP contribution is 2.28. The first-order valence-corrected chi connectivity index (χ1v) is 2.65. The van der Waals surface area contributed by atoms with Gasteiger partial charge in [0.2, 0.25) is 5.90 Å². The summed E-state index contributed by atoms with van der Waals surface area (Å²) in [6.45, 7) is 0. The van der Waals surface area contributed by atoms with Gasteiger partial charge in [-0.2, -0.15) is 18.6 Å². The highest BCUT2D eigenvalue weighted by molar-refractivity contribution is 5.95. The lowest BCUT2D eigenvalue weighted by Gasteiger charge is -2.06. The second-order valence-corrected chi connectivity index (χ2v) is 1.77. The van der Waals surface area contributed by atoms with E-state index in [-0.39, 0.29) is 0 Å². The number of halogens is 3. The monoisotopic (exact) mass is 165 g/mol. The molecule has 6 heteroatoms. The Morgan fingerprint density at radius 1 is 1.45 bits per heavy atom. The Morgan fingerprint density at radius 3 is 2.45 bits per heavy atom. The molecule has 0 atom stereocenters. The molecule has 1 aliphatic heterocycles. The predicted molar refractivity (Wildman–Crippen MR) is 30.7 cm³/mol. The Bertz CT molecular complexity index is 218. The van der Waals surface area contributed by atoms with E-state index < -0.39 is 17.6 Å². The van der Waals surface area contributed by atoms with Crippen LogP contribution in [0.15, 0.2) is 16.9 Å². The average molecular weight is 165 g/mol. The van der Waals surface area contributed by atoms with Crippen LogP contribution < -0.4 is 5.43 Å². The quantitative estimate of drug-likeness (QED) is 0.527. The van der Waals surface area contributed by atoms with Gasteiger partial charge in [-0.3, -0.25) is 0 Å². The Hall–Kier alpha value is -1.20. The average Bonchev–Trinajstić information content (AvgIpc) is 2.31. The summed E-state index contributed by atoms with van der Waals surface area (Å²) in [4.78, 5) is 0. The molecule has 61 valence electrons. The lowest BCUT2D eigenvalue weighted by molar-refractivity contribution is -0.0874. The maximum absolute atomic E-state index is 11.9. The molecule has 1 aliphatic rings. The van der Waals surface area contributed by atoms with E-state index >= 15 is 0 Å². The van der Waals surface area contributed by atoms with Crippen molar-refractivity contribution in [2.45, 2.75) is 6.18 Å². The van der Waals surface area contributed by atoms with E-state index in [2.05, 4.69) is 15.3 Å². The van der Waals surface area contributed by atoms with E-state index in [0.29, 0.717) is 6.20 Å². The molecule has 0 amide bonds. The molecule has 0 saturated heterocycles. The molecule has 0 aliphatic carbocycles. The Balaban J connectivity index is 2.83. The summed E-state index contributed by atoms with van der Waals surface area (Å²) < 4.78 is 40.0. The van der Waals surface area contributed by atoms with Crippen LogP contribution in [-0.4, -0.2) is 19.2 Å². The minimum Gasteiger partial charge on any atom is -0.479 e. The number of rotatable bonds is 0. The summed E-state index contributed by atoms with van der Waals surface area (Å²) in [5, 5.41) is 3.11. The first kappa shape index (κ1) is 7.90. The molecule has 3 nitrogen and oxygen atoms in total. The largest absolute Gasteiger partial charge is 0.479 e. The molecule has 0 aromatic carbocycles. The molecule has 1 radical (unpaired) electrons. The van der Waals surface area contributed by atoms with Gasteiger partial charge in [-0.25, -0.2) is 0 Å². The normalized spacial score (nSPS) is 17.1. The second kappa shape index (κ2) is 2.44. The van der Waals surface area contributed by atoms with Crippen molar-refractivity contribution in [1.29, 1.82) is 0 Å². The van der Waals surface area contributed by atoms with Crippen LogP contribution in [0.5, 0.6) is 0 Å². The Kier molecular flexibility index (Phi) is 1.76. The molecule has 0 N–H and O–H groups in total. The molecule has 0 fully saturated rings. The lowest BCUT2D eigenvalue weighted by Crippen LogP contribution is -2.19. The number of hydrogen-bond donors (Lipinski definition) is 0. The highest BCUT2D eigenvalue weighted by Gasteiger charge is 2.40. The van der Waals surface area contributed by atoms with Crippen LogP contribution in [0.3, 0.4) is 0 Å². The van der Waals surface area contributed by atoms with Crippen molar-refractivity contribution in [2.24, 2.45) is 5.10 Å². The third-order valence-electron chi connectivity index (χ3n) is 1.06. The molecular formula is C5H4F3N2O. The second-order valence-electron chi connectivity index (χ2n) is 1.77. The van der Waals surface area contributed by atoms with Crippen molar-refractivity contribution in [3.8, 4) is 0 Å². The van der Waals surface area contributed by atoms with Gasteiger partial charge in [-0.05, 0) is 0 Å². The number of alkyl halides is 3. The van der Waals surface area contributed by atoms with Gasteiger partial charge < -0.3 is 4.74 Å². The summed E-state index contributed by atoms with van der Waals surface area (Å²) in [7, 11) is 1.11. The number of methoxy groups -OCH3 is 1. The van der Waals surface area contributed by atoms with Crippen LogP contribution in [0.4, 0.5) is 13.2 Å². The van der Waals surface area contributed by atoms with Crippen LogP contribution in [0.25, 0.3) is 0 Å². The van der Waals surface area contributed by atoms with Gasteiger partial charge in [-0.15, -0.1) is 5.10 Å². The van der Waals surface area contributed by atoms with Crippen LogP contribution >= 0.6 is 0 Å². The molecule has 1 rings (SSSR count). The van der Waals surface area contributed by atoms with Crippen molar-refractivity contribution >= 4 is 5.90 Å². The maximum atomic E-state index is 11.9. The minimum absolute atomic E-state index is 0.488. The van der Waals surface area contributed by atoms with Crippen molar-refractivity contribution < 1.29 is 17.9 Å². The summed E-state index contributed by atoms with van der Waals surface area (Å²) >= 11 is 0. The first-order valence-electron chi connectivity index (χ1n) is 2.65. The zero-order valence-corrected chi connectivity index (χ0v) is 5.51. The van der Waals surface area contributed by atoms with Gasteiger partial charge in [-0.1, -0.05) is 0 Å². The minimum atomic E-state index is -4.44. The summed E-state index contributed by atoms with van der Waals surface area (Å²) in [6, 6.07) is 0. The van der Waals surface area contributed by atoms with Crippen molar-refractivity contribution in [3.05, 3.63) is 11.8 Å². The fraction of sp³-hybridized carbons (Fsp3) is 0.400. The molecule has 0 aromatic rings. The smallest absolute Gasteiger partial charge is 0.423 e. The van der Waals surface area contributed by atoms with E-state index in [4.69, 9.17) is 0 Å². The SMILES string of the molecule is COC1=N[N]C=C1C(F)(F)F. The summed E-state index contributed by atoms with van der Waals surface area (Å²) in [6.07, 6.45) is -3.81. The predicted octanol–water partition coefficient (Wildman–Crippen LogP) is 1.01. The molecule has 0 spiro atoms. The van der Waals surface area contributed by atoms with Gasteiger partial charge in [0.05, 0.1) is 13.3 Å². The van der Waals surface area contributed by atoms with E-state index in [1.54, 1.807) is 0 Å². The van der Waals surface area contributed by atoms with Crippen LogP contribution in [0, 0.1) is 0 Å². The molecule has 11 heavy (non-hydrogen) atoms. The lowest BCUT2D eigenvalue weighted by atomic mass is 10.3. The Labute approximate surface area is 60.5 Å². The molecule has 0 aromatic heterocycles. The summed E-state index contributed by atoms with van der Waals surface area (Å²) in [5.41, 5.74) is 2.12. The van der Waals surface area contributed by atoms with Crippen molar-refractivity contribution in [1.82, 2.24) is 5.43 Å². The van der Waals surface area contributed by atoms with Crippen molar-refractivity contribution in [3.63, 3.8) is 0 Å². The fourth-order valence-electron chi connectivity index (χ4n) is 0.593. The van der Waals surface area contributed by atoms with Gasteiger partial charge in [0.25, 0.3) is 0 Å². The van der Waals surface area contributed by atoms with Crippen LogP contribution in [0.1, 0.15) is 0 Å². The van der Waals surface area contributed by atoms with Gasteiger partial charge in [0.1, 0.15) is 5.57 Å². The number of nitrogens with zero attached hydrogens (tertiary/aromatic N) is 2. The van der Waals surface area contributed by atoms with Crippen LogP contribution in [-0.2, 0) is 4.74 Å². The van der Waals surface area contributed by atoms with Gasteiger partial charge in [0, 0.05) is 0 Å². The molecule has 1 heterocycles. The zero-order valence-electron chi connectivity index (χ0n) is 5.51. The topological polar surface area (TPSA) is 35.7 Å². The molecule has 0 saturated carbocycles. The zero-order chi connectivity index (χ0) is 8.48. The number of hydrogen-bond acceptors (Lipinski definition) is 2. The first-order chi connectivity index (χ1) is 5.05. The molecule has 0 unspecified atom stereocenters. The third kappa shape index (κ3) is 1.44. The third-order valence-corrected chi connectivity index (χ3v) is 1.06. The molecule has 0 bridgehead atoms. The maximum Gasteiger partial charge on any atom is 0.423 e. The van der Waals surface area contributed by atoms with E-state index in [1.807, 2.05) is 0 Å². The van der Waals surface area contributed by atoms with E-state index in [1.165, 1.54) is 0 Å². The van der Waals surface area contributed by atoms with Crippen molar-refractivity contribution in [2.75, 3.05) is 7.11 Å². The standard InChI is InChI=1S/C5H4F3N2O/c1-11-4-3(2-9-10-4)5(6,7)8/h2H,1H3. The summed E-state index contributed by atoms with van der Waals surface area (Å²) in [5.74, 6) is -0.488. The van der Waals surface area contributed by atoms with Crippen LogP contribution in [0.2, 0.25) is 0 Å². The molecular weight excluding hydrogens is 161 g/mol. The van der Waals surface area contributed by atoms with E-state index in [0.717, 1.165) is 7.11 Å². The highest BCUT2D eigenvalue weighted by atomic mass is 19.4. The van der Waals surface area contributed by atoms with E-state index in [9.17, 15) is 13.2 Å². The number of ether oxygens (including phenoxy) is 1. The Morgan fingerprint density at radius 2 is 2.09 bits per heavy atom. The van der Waals surface area contributed by atoms with Gasteiger partial charge >= 0.3 is 6.18 Å². The van der Waals surface area contributed by atoms with Gasteiger partial charge in [0.15, 0.2) is 0 Å².